The summed E-state index contributed by atoms with van der Waals surface area (Å²) in [6.07, 6.45) is 0. The van der Waals surface area contributed by atoms with Gasteiger partial charge in [-0.05, 0) is 25.1 Å². The molecule has 0 atom stereocenters. The molecular formula is C13H11FO4. The molecule has 0 amide bonds. The number of halogens is 1. The Labute approximate surface area is 104 Å². The summed E-state index contributed by atoms with van der Waals surface area (Å²) in [4.78, 5) is 22.1. The zero-order valence-electron chi connectivity index (χ0n) is 9.95. The van der Waals surface area contributed by atoms with Crippen LogP contribution >= 0.6 is 0 Å². The number of rotatable bonds is 2. The first-order valence-electron chi connectivity index (χ1n) is 5.15. The number of esters is 2. The van der Waals surface area contributed by atoms with E-state index in [1.165, 1.54) is 19.2 Å². The van der Waals surface area contributed by atoms with Crippen LogP contribution in [-0.2, 0) is 14.3 Å². The van der Waals surface area contributed by atoms with Crippen molar-refractivity contribution < 1.29 is 23.5 Å². The summed E-state index contributed by atoms with van der Waals surface area (Å²) in [5.41, 5.74) is 0.0902. The van der Waals surface area contributed by atoms with E-state index in [9.17, 15) is 14.0 Å². The van der Waals surface area contributed by atoms with Gasteiger partial charge in [-0.3, -0.25) is 0 Å². The van der Waals surface area contributed by atoms with Gasteiger partial charge in [0.05, 0.1) is 24.8 Å². The molecule has 0 radical (unpaired) electrons. The molecule has 4 nitrogen and oxygen atoms in total. The van der Waals surface area contributed by atoms with Crippen molar-refractivity contribution in [1.29, 1.82) is 0 Å². The Balaban J connectivity index is 2.93. The molecule has 0 saturated heterocycles. The minimum absolute atomic E-state index is 0.00991. The van der Waals surface area contributed by atoms with E-state index >= 15 is 0 Å². The molecule has 5 heteroatoms. The molecule has 0 fully saturated rings. The number of carbonyl (C=O) groups is 2. The Morgan fingerprint density at radius 1 is 1.39 bits per heavy atom. The van der Waals surface area contributed by atoms with Gasteiger partial charge in [-0.1, -0.05) is 5.92 Å². The molecule has 1 rings (SSSR count). The van der Waals surface area contributed by atoms with Gasteiger partial charge in [-0.15, -0.1) is 0 Å². The Kier molecular flexibility index (Phi) is 4.88. The standard InChI is InChI=1S/C13H11FO4/c1-3-18-12(15)7-6-9-4-5-10(8-11(9)14)13(16)17-2/h4-5,8H,3H2,1-2H3. The van der Waals surface area contributed by atoms with E-state index in [0.29, 0.717) is 0 Å². The van der Waals surface area contributed by atoms with Gasteiger partial charge in [0.1, 0.15) is 5.82 Å². The Hall–Kier alpha value is -2.35. The minimum atomic E-state index is -0.728. The Bertz CT molecular complexity index is 526. The first-order valence-corrected chi connectivity index (χ1v) is 5.15. The third-order valence-electron chi connectivity index (χ3n) is 1.96. The number of carbonyl (C=O) groups excluding carboxylic acids is 2. The van der Waals surface area contributed by atoms with Crippen molar-refractivity contribution in [3.05, 3.63) is 35.1 Å². The van der Waals surface area contributed by atoms with Gasteiger partial charge in [-0.2, -0.15) is 0 Å². The van der Waals surface area contributed by atoms with Crippen molar-refractivity contribution in [2.24, 2.45) is 0 Å². The summed E-state index contributed by atoms with van der Waals surface area (Å²) < 4.78 is 22.5. The number of hydrogen-bond donors (Lipinski definition) is 0. The van der Waals surface area contributed by atoms with Crippen LogP contribution in [-0.4, -0.2) is 25.7 Å². The van der Waals surface area contributed by atoms with Crippen LogP contribution in [0.4, 0.5) is 4.39 Å². The fourth-order valence-electron chi connectivity index (χ4n) is 1.15. The van der Waals surface area contributed by atoms with Gasteiger partial charge in [0, 0.05) is 5.92 Å². The molecule has 0 bridgehead atoms. The molecule has 0 spiro atoms. The lowest BCUT2D eigenvalue weighted by Gasteiger charge is -2.00. The summed E-state index contributed by atoms with van der Waals surface area (Å²) in [5, 5.41) is 0. The number of methoxy groups -OCH3 is 1. The van der Waals surface area contributed by atoms with Gasteiger partial charge in [0.15, 0.2) is 0 Å². The smallest absolute Gasteiger partial charge is 0.384 e. The second kappa shape index (κ2) is 6.40. The van der Waals surface area contributed by atoms with Crippen LogP contribution in [0, 0.1) is 17.7 Å². The SMILES string of the molecule is CCOC(=O)C#Cc1ccc(C(=O)OC)cc1F. The van der Waals surface area contributed by atoms with Crippen LogP contribution in [0.2, 0.25) is 0 Å². The van der Waals surface area contributed by atoms with Crippen molar-refractivity contribution in [2.75, 3.05) is 13.7 Å². The van der Waals surface area contributed by atoms with E-state index in [4.69, 9.17) is 0 Å². The Morgan fingerprint density at radius 2 is 2.11 bits per heavy atom. The molecule has 1 aromatic carbocycles. The van der Waals surface area contributed by atoms with Crippen LogP contribution in [0.5, 0.6) is 0 Å². The van der Waals surface area contributed by atoms with Crippen LogP contribution in [0.1, 0.15) is 22.8 Å². The third-order valence-corrected chi connectivity index (χ3v) is 1.96. The Morgan fingerprint density at radius 3 is 2.67 bits per heavy atom. The lowest BCUT2D eigenvalue weighted by Crippen LogP contribution is -2.02. The van der Waals surface area contributed by atoms with Crippen LogP contribution in [0.15, 0.2) is 18.2 Å². The zero-order chi connectivity index (χ0) is 13.5. The molecule has 0 aliphatic heterocycles. The van der Waals surface area contributed by atoms with Crippen LogP contribution in [0.25, 0.3) is 0 Å². The number of benzene rings is 1. The fourth-order valence-corrected chi connectivity index (χ4v) is 1.15. The predicted molar refractivity (Wildman–Crippen MR) is 61.3 cm³/mol. The summed E-state index contributed by atoms with van der Waals surface area (Å²) in [6, 6.07) is 3.67. The van der Waals surface area contributed by atoms with Crippen molar-refractivity contribution in [1.82, 2.24) is 0 Å². The molecule has 0 saturated carbocycles. The van der Waals surface area contributed by atoms with Gasteiger partial charge in [-0.25, -0.2) is 14.0 Å². The van der Waals surface area contributed by atoms with Crippen molar-refractivity contribution in [2.45, 2.75) is 6.92 Å². The highest BCUT2D eigenvalue weighted by Crippen LogP contribution is 2.10. The molecule has 0 heterocycles. The highest BCUT2D eigenvalue weighted by Gasteiger charge is 2.08. The molecule has 0 N–H and O–H groups in total. The molecule has 1 aromatic rings. The summed E-state index contributed by atoms with van der Waals surface area (Å²) in [6.45, 7) is 1.85. The minimum Gasteiger partial charge on any atom is -0.465 e. The maximum atomic E-state index is 13.5. The molecule has 18 heavy (non-hydrogen) atoms. The number of hydrogen-bond acceptors (Lipinski definition) is 4. The lowest BCUT2D eigenvalue weighted by molar-refractivity contribution is -0.136. The summed E-state index contributed by atoms with van der Waals surface area (Å²) in [5.74, 6) is 2.40. The summed E-state index contributed by atoms with van der Waals surface area (Å²) >= 11 is 0. The van der Waals surface area contributed by atoms with E-state index in [2.05, 4.69) is 21.3 Å². The maximum absolute atomic E-state index is 13.5. The zero-order valence-corrected chi connectivity index (χ0v) is 9.95. The first-order chi connectivity index (χ1) is 8.58. The first kappa shape index (κ1) is 13.7. The van der Waals surface area contributed by atoms with E-state index in [1.54, 1.807) is 6.92 Å². The molecule has 0 aliphatic rings. The average molecular weight is 250 g/mol. The average Bonchev–Trinajstić information content (AvgIpc) is 2.36. The van der Waals surface area contributed by atoms with Crippen molar-refractivity contribution >= 4 is 11.9 Å². The fraction of sp³-hybridized carbons (Fsp3) is 0.231. The van der Waals surface area contributed by atoms with Gasteiger partial charge in [0.2, 0.25) is 0 Å². The normalized spacial score (nSPS) is 9.06. The van der Waals surface area contributed by atoms with E-state index in [0.717, 1.165) is 6.07 Å². The van der Waals surface area contributed by atoms with Crippen molar-refractivity contribution in [3.63, 3.8) is 0 Å². The van der Waals surface area contributed by atoms with E-state index in [1.807, 2.05) is 0 Å². The van der Waals surface area contributed by atoms with Gasteiger partial charge in [0.25, 0.3) is 0 Å². The molecule has 0 aliphatic carbocycles. The molecule has 0 unspecified atom stereocenters. The number of ether oxygens (including phenoxy) is 2. The van der Waals surface area contributed by atoms with Gasteiger partial charge >= 0.3 is 11.9 Å². The third kappa shape index (κ3) is 3.59. The lowest BCUT2D eigenvalue weighted by atomic mass is 10.1. The molecule has 0 aromatic heterocycles. The highest BCUT2D eigenvalue weighted by molar-refractivity contribution is 5.90. The van der Waals surface area contributed by atoms with Crippen LogP contribution < -0.4 is 0 Å². The highest BCUT2D eigenvalue weighted by atomic mass is 19.1. The largest absolute Gasteiger partial charge is 0.465 e. The summed E-state index contributed by atoms with van der Waals surface area (Å²) in [7, 11) is 1.20. The second-order valence-corrected chi connectivity index (χ2v) is 3.16. The van der Waals surface area contributed by atoms with Crippen LogP contribution in [0.3, 0.4) is 0 Å². The van der Waals surface area contributed by atoms with E-state index < -0.39 is 17.8 Å². The van der Waals surface area contributed by atoms with Crippen molar-refractivity contribution in [3.8, 4) is 11.8 Å². The molecular weight excluding hydrogens is 239 g/mol. The second-order valence-electron chi connectivity index (χ2n) is 3.16. The van der Waals surface area contributed by atoms with Gasteiger partial charge < -0.3 is 9.47 Å². The maximum Gasteiger partial charge on any atom is 0.384 e. The van der Waals surface area contributed by atoms with E-state index in [-0.39, 0.29) is 17.7 Å². The quantitative estimate of drug-likeness (QED) is 0.590. The molecule has 94 valence electrons. The predicted octanol–water partition coefficient (Wildman–Crippen LogP) is 1.53. The topological polar surface area (TPSA) is 52.6 Å². The monoisotopic (exact) mass is 250 g/mol.